The Morgan fingerprint density at radius 2 is 1.22 bits per heavy atom. The third-order valence-electron chi connectivity index (χ3n) is 5.70. The van der Waals surface area contributed by atoms with Crippen LogP contribution in [0, 0.1) is 34.1 Å². The smallest absolute Gasteiger partial charge is 0.313 e. The highest BCUT2D eigenvalue weighted by Crippen LogP contribution is 2.30. The van der Waals surface area contributed by atoms with Crippen LogP contribution in [0.4, 0.5) is 11.4 Å². The lowest BCUT2D eigenvalue weighted by Gasteiger charge is -2.07. The van der Waals surface area contributed by atoms with Crippen LogP contribution in [0.5, 0.6) is 17.2 Å². The van der Waals surface area contributed by atoms with Gasteiger partial charge in [0.1, 0.15) is 19.0 Å². The number of para-hydroxylation sites is 3. The Hall–Kier alpha value is -4.24. The zero-order valence-electron chi connectivity index (χ0n) is 26.0. The topological polar surface area (TPSA) is 168 Å². The molecule has 0 aliphatic rings. The van der Waals surface area contributed by atoms with E-state index < -0.39 is 9.85 Å². The number of methoxy groups -OCH3 is 3. The standard InChI is InChI=1S/C11H13NO2.C10H13NO4.C7H7NO3.C3H7BrO/c1-13-7-8-14-10-4-2-3-9-5-6-12-11(9)10;1-8-4-3-5-9(10(8)11(12)13)15-7-6-14-2;1-5-3-2-4-6(9)7(5)8(10)11;1-5-3-2-4/h2-6,12H,7-8H2,1H3;3-5H,6-7H2,1-2H3;2-4,9H,1H3;2-3H2,1H3. The molecule has 0 atom stereocenters. The van der Waals surface area contributed by atoms with Crippen molar-refractivity contribution in [3.63, 3.8) is 0 Å². The SMILES string of the molecule is COCCBr.COCCOc1cccc(C)c1[N+](=O)[O-].COCCOc1cccc2cc[nH]c12.Cc1cccc(O)c1[N+](=O)[O-]. The Kier molecular flexibility index (Phi) is 19.2. The second-order valence-corrected chi connectivity index (χ2v) is 9.73. The van der Waals surface area contributed by atoms with Crippen molar-refractivity contribution in [1.82, 2.24) is 4.98 Å². The van der Waals surface area contributed by atoms with Gasteiger partial charge in [-0.25, -0.2) is 0 Å². The largest absolute Gasteiger partial charge is 0.502 e. The lowest BCUT2D eigenvalue weighted by molar-refractivity contribution is -0.386. The normalized spacial score (nSPS) is 9.91. The third-order valence-corrected chi connectivity index (χ3v) is 6.03. The maximum atomic E-state index is 10.8. The Bertz CT molecular complexity index is 1430. The minimum absolute atomic E-state index is 0.0219. The number of aromatic amines is 1. The highest BCUT2D eigenvalue weighted by atomic mass is 79.9. The van der Waals surface area contributed by atoms with Crippen LogP contribution in [0.1, 0.15) is 11.1 Å². The molecule has 0 aliphatic heterocycles. The molecule has 246 valence electrons. The molecule has 0 saturated heterocycles. The number of rotatable bonds is 12. The fraction of sp³-hybridized carbons (Fsp3) is 0.355. The summed E-state index contributed by atoms with van der Waals surface area (Å²) in [6.07, 6.45) is 1.91. The van der Waals surface area contributed by atoms with Gasteiger partial charge in [-0.15, -0.1) is 0 Å². The van der Waals surface area contributed by atoms with Crippen LogP contribution >= 0.6 is 15.9 Å². The van der Waals surface area contributed by atoms with Crippen LogP contribution in [0.3, 0.4) is 0 Å². The number of phenolic OH excluding ortho intramolecular Hbond substituents is 1. The lowest BCUT2D eigenvalue weighted by atomic mass is 10.2. The van der Waals surface area contributed by atoms with E-state index in [1.54, 1.807) is 65.5 Å². The summed E-state index contributed by atoms with van der Waals surface area (Å²) in [5.41, 5.74) is 1.91. The molecule has 0 aliphatic carbocycles. The number of fused-ring (bicyclic) bond motifs is 1. The Balaban J connectivity index is 0.000000317. The number of ether oxygens (including phenoxy) is 5. The fourth-order valence-electron chi connectivity index (χ4n) is 3.59. The van der Waals surface area contributed by atoms with Gasteiger partial charge in [0.25, 0.3) is 0 Å². The van der Waals surface area contributed by atoms with Crippen molar-refractivity contribution in [2.45, 2.75) is 13.8 Å². The maximum Gasteiger partial charge on any atom is 0.313 e. The van der Waals surface area contributed by atoms with Crippen molar-refractivity contribution in [2.75, 3.05) is 59.7 Å². The van der Waals surface area contributed by atoms with Gasteiger partial charge < -0.3 is 33.8 Å². The summed E-state index contributed by atoms with van der Waals surface area (Å²) in [6.45, 7) is 5.97. The molecule has 2 N–H and O–H groups in total. The maximum absolute atomic E-state index is 10.8. The number of hydrogen-bond acceptors (Lipinski definition) is 10. The number of benzene rings is 3. The average Bonchev–Trinajstić information content (AvgIpc) is 3.49. The summed E-state index contributed by atoms with van der Waals surface area (Å²) in [4.78, 5) is 23.2. The molecule has 14 heteroatoms. The number of nitro groups is 2. The van der Waals surface area contributed by atoms with E-state index in [4.69, 9.17) is 24.1 Å². The van der Waals surface area contributed by atoms with Gasteiger partial charge in [0.2, 0.25) is 0 Å². The van der Waals surface area contributed by atoms with E-state index in [0.717, 1.165) is 23.2 Å². The molecule has 0 saturated carbocycles. The quantitative estimate of drug-likeness (QED) is 0.0700. The number of nitrogens with one attached hydrogen (secondary N) is 1. The summed E-state index contributed by atoms with van der Waals surface area (Å²) < 4.78 is 25.2. The van der Waals surface area contributed by atoms with E-state index in [0.29, 0.717) is 37.6 Å². The number of nitro benzene ring substituents is 2. The van der Waals surface area contributed by atoms with Crippen molar-refractivity contribution >= 4 is 38.2 Å². The molecule has 0 spiro atoms. The molecule has 4 aromatic rings. The molecule has 0 fully saturated rings. The lowest BCUT2D eigenvalue weighted by Crippen LogP contribution is -2.06. The molecule has 45 heavy (non-hydrogen) atoms. The van der Waals surface area contributed by atoms with Gasteiger partial charge in [-0.05, 0) is 38.1 Å². The first kappa shape index (κ1) is 38.8. The summed E-state index contributed by atoms with van der Waals surface area (Å²) in [5, 5.41) is 32.2. The van der Waals surface area contributed by atoms with Crippen LogP contribution in [-0.4, -0.2) is 79.6 Å². The molecule has 0 amide bonds. The molecule has 3 aromatic carbocycles. The minimum atomic E-state index is -0.593. The van der Waals surface area contributed by atoms with Crippen LogP contribution in [-0.2, 0) is 14.2 Å². The van der Waals surface area contributed by atoms with Gasteiger partial charge in [-0.3, -0.25) is 20.2 Å². The van der Waals surface area contributed by atoms with Crippen molar-refractivity contribution < 1.29 is 38.6 Å². The predicted octanol–water partition coefficient (Wildman–Crippen LogP) is 6.76. The molecular weight excluding hydrogens is 654 g/mol. The van der Waals surface area contributed by atoms with Crippen LogP contribution in [0.15, 0.2) is 66.9 Å². The summed E-state index contributed by atoms with van der Waals surface area (Å²) in [6, 6.07) is 17.5. The number of aryl methyl sites for hydroxylation is 2. The molecule has 4 rings (SSSR count). The Morgan fingerprint density at radius 1 is 0.711 bits per heavy atom. The van der Waals surface area contributed by atoms with Crippen molar-refractivity contribution in [3.8, 4) is 17.2 Å². The molecule has 1 heterocycles. The number of alkyl halides is 1. The highest BCUT2D eigenvalue weighted by Gasteiger charge is 2.17. The first-order chi connectivity index (χ1) is 21.6. The summed E-state index contributed by atoms with van der Waals surface area (Å²) in [5.74, 6) is 0.886. The molecule has 0 radical (unpaired) electrons. The number of phenols is 1. The average molecular weight is 695 g/mol. The second-order valence-electron chi connectivity index (χ2n) is 8.94. The van der Waals surface area contributed by atoms with Gasteiger partial charge in [-0.2, -0.15) is 0 Å². The zero-order chi connectivity index (χ0) is 33.6. The number of H-pyrrole nitrogens is 1. The van der Waals surface area contributed by atoms with Gasteiger partial charge >= 0.3 is 11.4 Å². The number of aromatic hydroxyl groups is 1. The first-order valence-corrected chi connectivity index (χ1v) is 14.8. The molecule has 0 bridgehead atoms. The number of nitrogens with zero attached hydrogens (tertiary/aromatic N) is 2. The van der Waals surface area contributed by atoms with E-state index in [-0.39, 0.29) is 22.9 Å². The monoisotopic (exact) mass is 693 g/mol. The number of hydrogen-bond donors (Lipinski definition) is 2. The predicted molar refractivity (Wildman–Crippen MR) is 176 cm³/mol. The number of halogens is 1. The van der Waals surface area contributed by atoms with E-state index in [9.17, 15) is 20.2 Å². The third kappa shape index (κ3) is 13.9. The molecular formula is C31H40BrN3O10. The first-order valence-electron chi connectivity index (χ1n) is 13.6. The Morgan fingerprint density at radius 3 is 1.71 bits per heavy atom. The van der Waals surface area contributed by atoms with E-state index in [2.05, 4.69) is 31.7 Å². The summed E-state index contributed by atoms with van der Waals surface area (Å²) >= 11 is 3.18. The zero-order valence-corrected chi connectivity index (χ0v) is 27.6. The van der Waals surface area contributed by atoms with E-state index in [1.807, 2.05) is 24.4 Å². The molecule has 0 unspecified atom stereocenters. The van der Waals surface area contributed by atoms with Crippen LogP contribution < -0.4 is 9.47 Å². The van der Waals surface area contributed by atoms with E-state index >= 15 is 0 Å². The van der Waals surface area contributed by atoms with Crippen molar-refractivity contribution in [3.05, 3.63) is 98.2 Å². The minimum Gasteiger partial charge on any atom is -0.502 e. The van der Waals surface area contributed by atoms with Crippen molar-refractivity contribution in [2.24, 2.45) is 0 Å². The fourth-order valence-corrected chi connectivity index (χ4v) is 3.91. The van der Waals surface area contributed by atoms with Crippen LogP contribution in [0.2, 0.25) is 0 Å². The van der Waals surface area contributed by atoms with E-state index in [1.165, 1.54) is 11.5 Å². The highest BCUT2D eigenvalue weighted by molar-refractivity contribution is 9.09. The summed E-state index contributed by atoms with van der Waals surface area (Å²) in [7, 11) is 4.90. The second kappa shape index (κ2) is 22.3. The Labute approximate surface area is 270 Å². The van der Waals surface area contributed by atoms with Crippen LogP contribution in [0.25, 0.3) is 10.9 Å². The van der Waals surface area contributed by atoms with Gasteiger partial charge in [0.15, 0.2) is 11.5 Å². The molecule has 13 nitrogen and oxygen atoms in total. The van der Waals surface area contributed by atoms with Gasteiger partial charge in [0, 0.05) is 49.4 Å². The van der Waals surface area contributed by atoms with Gasteiger partial charge in [0.05, 0.1) is 35.2 Å². The van der Waals surface area contributed by atoms with Crippen molar-refractivity contribution in [1.29, 1.82) is 0 Å². The molecule has 1 aromatic heterocycles. The number of aromatic nitrogens is 1. The van der Waals surface area contributed by atoms with Gasteiger partial charge in [-0.1, -0.05) is 52.3 Å².